The lowest BCUT2D eigenvalue weighted by molar-refractivity contribution is -0.185. The van der Waals surface area contributed by atoms with Gasteiger partial charge < -0.3 is 10.1 Å². The van der Waals surface area contributed by atoms with Crippen molar-refractivity contribution in [1.29, 1.82) is 0 Å². The highest BCUT2D eigenvalue weighted by Crippen LogP contribution is 2.38. The zero-order valence-electron chi connectivity index (χ0n) is 13.9. The van der Waals surface area contributed by atoms with Crippen LogP contribution in [-0.2, 0) is 4.79 Å². The van der Waals surface area contributed by atoms with E-state index in [4.69, 9.17) is 4.74 Å². The van der Waals surface area contributed by atoms with E-state index in [1.165, 1.54) is 12.4 Å². The minimum absolute atomic E-state index is 0.0534. The van der Waals surface area contributed by atoms with Crippen LogP contribution in [0.25, 0.3) is 10.9 Å². The fraction of sp³-hybridized carbons (Fsp3) is 0.389. The number of carbonyl (C=O) groups excluding carboxylic acids is 1. The van der Waals surface area contributed by atoms with Crippen molar-refractivity contribution in [3.63, 3.8) is 0 Å². The number of aromatic nitrogens is 2. The molecule has 0 spiro atoms. The molecule has 2 heterocycles. The molecule has 1 aliphatic carbocycles. The van der Waals surface area contributed by atoms with Gasteiger partial charge in [-0.05, 0) is 43.9 Å². The number of ether oxygens (including phenoxy) is 1. The summed E-state index contributed by atoms with van der Waals surface area (Å²) < 4.78 is 44.2. The summed E-state index contributed by atoms with van der Waals surface area (Å²) in [4.78, 5) is 19.9. The van der Waals surface area contributed by atoms with Gasteiger partial charge >= 0.3 is 6.18 Å². The van der Waals surface area contributed by atoms with E-state index in [9.17, 15) is 18.0 Å². The van der Waals surface area contributed by atoms with Crippen LogP contribution < -0.4 is 10.1 Å². The number of nitrogens with one attached hydrogen (secondary N) is 1. The highest BCUT2D eigenvalue weighted by Gasteiger charge is 2.41. The Morgan fingerprint density at radius 1 is 1.27 bits per heavy atom. The number of amides is 1. The first-order valence-electron chi connectivity index (χ1n) is 8.28. The molecule has 1 N–H and O–H groups in total. The molecule has 0 bridgehead atoms. The van der Waals surface area contributed by atoms with Crippen LogP contribution in [0.3, 0.4) is 0 Å². The van der Waals surface area contributed by atoms with Gasteiger partial charge in [0.1, 0.15) is 6.10 Å². The summed E-state index contributed by atoms with van der Waals surface area (Å²) in [5, 5.41) is 3.20. The number of anilines is 1. The molecule has 2 aromatic rings. The molecular formula is C18H18F3N3O2. The summed E-state index contributed by atoms with van der Waals surface area (Å²) in [6.07, 6.45) is 0.462. The van der Waals surface area contributed by atoms with Crippen LogP contribution in [0.2, 0.25) is 0 Å². The monoisotopic (exact) mass is 365 g/mol. The van der Waals surface area contributed by atoms with Gasteiger partial charge in [0.2, 0.25) is 11.8 Å². The molecule has 26 heavy (non-hydrogen) atoms. The molecule has 0 radical (unpaired) electrons. The van der Waals surface area contributed by atoms with Gasteiger partial charge in [0, 0.05) is 6.20 Å². The fourth-order valence-corrected chi connectivity index (χ4v) is 3.05. The van der Waals surface area contributed by atoms with Crippen molar-refractivity contribution < 1.29 is 22.7 Å². The van der Waals surface area contributed by atoms with E-state index in [1.54, 1.807) is 12.1 Å². The third-order valence-corrected chi connectivity index (χ3v) is 4.44. The van der Waals surface area contributed by atoms with E-state index in [1.807, 2.05) is 0 Å². The zero-order valence-corrected chi connectivity index (χ0v) is 13.9. The summed E-state index contributed by atoms with van der Waals surface area (Å²) in [7, 11) is 0. The van der Waals surface area contributed by atoms with Gasteiger partial charge in [0.25, 0.3) is 0 Å². The van der Waals surface area contributed by atoms with Crippen molar-refractivity contribution in [2.75, 3.05) is 5.32 Å². The molecule has 1 fully saturated rings. The summed E-state index contributed by atoms with van der Waals surface area (Å²) >= 11 is 0. The third-order valence-electron chi connectivity index (χ3n) is 4.44. The van der Waals surface area contributed by atoms with Crippen LogP contribution in [0.4, 0.5) is 18.9 Å². The number of nitrogens with zero attached hydrogens (tertiary/aromatic N) is 2. The van der Waals surface area contributed by atoms with E-state index in [0.717, 1.165) is 6.08 Å². The molecule has 1 saturated carbocycles. The Hall–Kier alpha value is -2.64. The quantitative estimate of drug-likeness (QED) is 0.823. The summed E-state index contributed by atoms with van der Waals surface area (Å²) in [6.45, 7) is 3.39. The van der Waals surface area contributed by atoms with Crippen molar-refractivity contribution in [2.24, 2.45) is 5.92 Å². The maximum absolute atomic E-state index is 12.8. The lowest BCUT2D eigenvalue weighted by Gasteiger charge is -2.30. The van der Waals surface area contributed by atoms with Crippen LogP contribution >= 0.6 is 0 Å². The van der Waals surface area contributed by atoms with Crippen LogP contribution in [0.15, 0.2) is 37.2 Å². The first kappa shape index (κ1) is 18.2. The number of fused-ring (bicyclic) bond motifs is 1. The minimum atomic E-state index is -4.15. The molecule has 0 atom stereocenters. The smallest absolute Gasteiger partial charge is 0.391 e. The number of pyridine rings is 2. The predicted octanol–water partition coefficient (Wildman–Crippen LogP) is 4.25. The molecule has 0 aliphatic heterocycles. The lowest BCUT2D eigenvalue weighted by atomic mass is 9.87. The molecule has 0 saturated heterocycles. The maximum Gasteiger partial charge on any atom is 0.391 e. The van der Waals surface area contributed by atoms with E-state index < -0.39 is 12.1 Å². The highest BCUT2D eigenvalue weighted by atomic mass is 19.4. The molecular weight excluding hydrogens is 347 g/mol. The van der Waals surface area contributed by atoms with E-state index >= 15 is 0 Å². The van der Waals surface area contributed by atoms with Gasteiger partial charge in [-0.1, -0.05) is 6.58 Å². The molecule has 1 aliphatic rings. The first-order chi connectivity index (χ1) is 12.4. The van der Waals surface area contributed by atoms with Crippen molar-refractivity contribution in [1.82, 2.24) is 9.97 Å². The topological polar surface area (TPSA) is 64.1 Å². The van der Waals surface area contributed by atoms with Gasteiger partial charge in [0.05, 0.1) is 28.7 Å². The standard InChI is InChI=1S/C18H18F3N3O2/c1-2-16(25)24-12-9-14-15(23-10-12)7-8-22-17(14)26-13-5-3-11(4-6-13)18(19,20)21/h2,7-11,13H,1,3-6H2,(H,24,25)/t11-,13-. The summed E-state index contributed by atoms with van der Waals surface area (Å²) in [6, 6.07) is 3.37. The molecule has 3 rings (SSSR count). The first-order valence-corrected chi connectivity index (χ1v) is 8.28. The fourth-order valence-electron chi connectivity index (χ4n) is 3.05. The van der Waals surface area contributed by atoms with Crippen LogP contribution in [0, 0.1) is 5.92 Å². The Bertz CT molecular complexity index is 815. The van der Waals surface area contributed by atoms with Crippen molar-refractivity contribution in [3.8, 4) is 5.88 Å². The molecule has 5 nitrogen and oxygen atoms in total. The Morgan fingerprint density at radius 2 is 2.00 bits per heavy atom. The van der Waals surface area contributed by atoms with Gasteiger partial charge in [-0.15, -0.1) is 0 Å². The van der Waals surface area contributed by atoms with Crippen LogP contribution in [0.1, 0.15) is 25.7 Å². The molecule has 8 heteroatoms. The summed E-state index contributed by atoms with van der Waals surface area (Å²) in [5.74, 6) is -1.33. The number of rotatable bonds is 4. The van der Waals surface area contributed by atoms with E-state index in [0.29, 0.717) is 35.3 Å². The number of alkyl halides is 3. The second-order valence-corrected chi connectivity index (χ2v) is 6.23. The molecule has 138 valence electrons. The molecule has 0 unspecified atom stereocenters. The number of carbonyl (C=O) groups is 1. The van der Waals surface area contributed by atoms with Crippen molar-refractivity contribution in [2.45, 2.75) is 38.0 Å². The average molecular weight is 365 g/mol. The lowest BCUT2D eigenvalue weighted by Crippen LogP contribution is -2.32. The van der Waals surface area contributed by atoms with E-state index in [2.05, 4.69) is 21.9 Å². The minimum Gasteiger partial charge on any atom is -0.474 e. The van der Waals surface area contributed by atoms with Gasteiger partial charge in [-0.2, -0.15) is 13.2 Å². The van der Waals surface area contributed by atoms with Crippen molar-refractivity contribution >= 4 is 22.5 Å². The molecule has 2 aromatic heterocycles. The zero-order chi connectivity index (χ0) is 18.7. The summed E-state index contributed by atoms with van der Waals surface area (Å²) in [5.41, 5.74) is 1.08. The SMILES string of the molecule is C=CC(=O)Nc1cnc2ccnc(O[C@H]3CC[C@H](C(F)(F)F)CC3)c2c1. The second kappa shape index (κ2) is 7.31. The third kappa shape index (κ3) is 4.12. The molecule has 1 amide bonds. The number of halogens is 3. The predicted molar refractivity (Wildman–Crippen MR) is 90.8 cm³/mol. The Morgan fingerprint density at radius 3 is 2.65 bits per heavy atom. The van der Waals surface area contributed by atoms with Gasteiger partial charge in [-0.3, -0.25) is 9.78 Å². The van der Waals surface area contributed by atoms with Gasteiger partial charge in [0.15, 0.2) is 0 Å². The Labute approximate surface area is 148 Å². The average Bonchev–Trinajstić information content (AvgIpc) is 2.62. The molecule has 0 aromatic carbocycles. The maximum atomic E-state index is 12.8. The largest absolute Gasteiger partial charge is 0.474 e. The second-order valence-electron chi connectivity index (χ2n) is 6.23. The number of hydrogen-bond donors (Lipinski definition) is 1. The van der Waals surface area contributed by atoms with Crippen molar-refractivity contribution in [3.05, 3.63) is 37.2 Å². The Balaban J connectivity index is 1.76. The highest BCUT2D eigenvalue weighted by molar-refractivity contribution is 6.00. The van der Waals surface area contributed by atoms with E-state index in [-0.39, 0.29) is 24.9 Å². The number of hydrogen-bond acceptors (Lipinski definition) is 4. The normalized spacial score (nSPS) is 20.6. The van der Waals surface area contributed by atoms with Crippen LogP contribution in [-0.4, -0.2) is 28.2 Å². The van der Waals surface area contributed by atoms with Gasteiger partial charge in [-0.25, -0.2) is 4.98 Å². The Kier molecular flexibility index (Phi) is 5.11. The van der Waals surface area contributed by atoms with Crippen LogP contribution in [0.5, 0.6) is 5.88 Å².